The number of benzene rings is 1. The Hall–Kier alpha value is -1.15. The zero-order valence-electron chi connectivity index (χ0n) is 9.39. The zero-order chi connectivity index (χ0) is 11.3. The van der Waals surface area contributed by atoms with Crippen LogP contribution in [0.1, 0.15) is 31.9 Å². The lowest BCUT2D eigenvalue weighted by atomic mass is 10.0. The van der Waals surface area contributed by atoms with Crippen LogP contribution in [0.3, 0.4) is 0 Å². The van der Waals surface area contributed by atoms with E-state index >= 15 is 0 Å². The molecule has 0 saturated carbocycles. The predicted octanol–water partition coefficient (Wildman–Crippen LogP) is 3.44. The lowest BCUT2D eigenvalue weighted by Crippen LogP contribution is -2.21. The van der Waals surface area contributed by atoms with E-state index in [9.17, 15) is 4.39 Å². The van der Waals surface area contributed by atoms with Gasteiger partial charge in [0.2, 0.25) is 0 Å². The lowest BCUT2D eigenvalue weighted by molar-refractivity contribution is 0.541. The van der Waals surface area contributed by atoms with Crippen LogP contribution in [0.5, 0.6) is 0 Å². The summed E-state index contributed by atoms with van der Waals surface area (Å²) in [4.78, 5) is 0. The Morgan fingerprint density at radius 2 is 2.27 bits per heavy atom. The number of hydrogen-bond acceptors (Lipinski definition) is 1. The van der Waals surface area contributed by atoms with E-state index in [0.717, 1.165) is 24.1 Å². The molecule has 1 aromatic rings. The van der Waals surface area contributed by atoms with Gasteiger partial charge in [-0.25, -0.2) is 4.39 Å². The van der Waals surface area contributed by atoms with Crippen molar-refractivity contribution in [3.63, 3.8) is 0 Å². The summed E-state index contributed by atoms with van der Waals surface area (Å²) >= 11 is 0. The van der Waals surface area contributed by atoms with E-state index in [1.54, 1.807) is 12.1 Å². The van der Waals surface area contributed by atoms with Crippen molar-refractivity contribution < 1.29 is 4.39 Å². The Bertz CT molecular complexity index is 333. The highest BCUT2D eigenvalue weighted by Gasteiger charge is 2.10. The van der Waals surface area contributed by atoms with E-state index in [0.29, 0.717) is 0 Å². The summed E-state index contributed by atoms with van der Waals surface area (Å²) in [6.45, 7) is 8.80. The molecule has 1 atom stereocenters. The molecule has 0 aliphatic rings. The fourth-order valence-corrected chi connectivity index (χ4v) is 1.63. The van der Waals surface area contributed by atoms with Crippen LogP contribution in [0.2, 0.25) is 0 Å². The molecule has 0 aliphatic carbocycles. The third-order valence-electron chi connectivity index (χ3n) is 2.25. The van der Waals surface area contributed by atoms with E-state index in [1.165, 1.54) is 6.07 Å². The Balaban J connectivity index is 2.83. The number of halogens is 1. The SMILES string of the molecule is C=C(C)CC(NCC)c1cccc(F)c1. The van der Waals surface area contributed by atoms with Crippen molar-refractivity contribution in [2.24, 2.45) is 0 Å². The van der Waals surface area contributed by atoms with Gasteiger partial charge in [0.05, 0.1) is 0 Å². The second kappa shape index (κ2) is 5.66. The highest BCUT2D eigenvalue weighted by molar-refractivity contribution is 5.21. The van der Waals surface area contributed by atoms with Crippen LogP contribution in [0.4, 0.5) is 4.39 Å². The first-order chi connectivity index (χ1) is 7.13. The number of nitrogens with one attached hydrogen (secondary N) is 1. The quantitative estimate of drug-likeness (QED) is 0.729. The second-order valence-electron chi connectivity index (χ2n) is 3.83. The Labute approximate surface area is 91.0 Å². The third-order valence-corrected chi connectivity index (χ3v) is 2.25. The minimum absolute atomic E-state index is 0.170. The summed E-state index contributed by atoms with van der Waals surface area (Å²) in [6, 6.07) is 6.90. The molecule has 1 nitrogen and oxygen atoms in total. The van der Waals surface area contributed by atoms with Gasteiger partial charge in [-0.1, -0.05) is 24.6 Å². The molecule has 82 valence electrons. The summed E-state index contributed by atoms with van der Waals surface area (Å²) < 4.78 is 13.1. The van der Waals surface area contributed by atoms with Crippen molar-refractivity contribution in [1.82, 2.24) is 5.32 Å². The van der Waals surface area contributed by atoms with Crippen LogP contribution in [-0.4, -0.2) is 6.54 Å². The average Bonchev–Trinajstić information content (AvgIpc) is 2.16. The molecule has 1 N–H and O–H groups in total. The normalized spacial score (nSPS) is 12.5. The molecule has 1 unspecified atom stereocenters. The molecule has 0 amide bonds. The molecule has 0 spiro atoms. The summed E-state index contributed by atoms with van der Waals surface area (Å²) in [5, 5.41) is 3.33. The maximum atomic E-state index is 13.1. The number of hydrogen-bond donors (Lipinski definition) is 1. The number of rotatable bonds is 5. The monoisotopic (exact) mass is 207 g/mol. The van der Waals surface area contributed by atoms with Crippen molar-refractivity contribution in [2.45, 2.75) is 26.3 Å². The second-order valence-corrected chi connectivity index (χ2v) is 3.83. The van der Waals surface area contributed by atoms with Gasteiger partial charge < -0.3 is 5.32 Å². The highest BCUT2D eigenvalue weighted by Crippen LogP contribution is 2.20. The topological polar surface area (TPSA) is 12.0 Å². The fourth-order valence-electron chi connectivity index (χ4n) is 1.63. The van der Waals surface area contributed by atoms with E-state index in [1.807, 2.05) is 19.9 Å². The molecule has 0 aliphatic heterocycles. The summed E-state index contributed by atoms with van der Waals surface area (Å²) in [5.74, 6) is -0.183. The van der Waals surface area contributed by atoms with Gasteiger partial charge >= 0.3 is 0 Å². The zero-order valence-corrected chi connectivity index (χ0v) is 9.39. The molecular formula is C13H18FN. The van der Waals surface area contributed by atoms with Crippen LogP contribution < -0.4 is 5.32 Å². The molecular weight excluding hydrogens is 189 g/mol. The maximum Gasteiger partial charge on any atom is 0.123 e. The Kier molecular flexibility index (Phi) is 4.50. The molecule has 1 aromatic carbocycles. The first kappa shape index (κ1) is 11.9. The van der Waals surface area contributed by atoms with Gasteiger partial charge in [0.25, 0.3) is 0 Å². The molecule has 0 heterocycles. The summed E-state index contributed by atoms with van der Waals surface area (Å²) in [5.41, 5.74) is 2.09. The lowest BCUT2D eigenvalue weighted by Gasteiger charge is -2.18. The van der Waals surface area contributed by atoms with Crippen LogP contribution >= 0.6 is 0 Å². The van der Waals surface area contributed by atoms with Crippen LogP contribution in [0.15, 0.2) is 36.4 Å². The largest absolute Gasteiger partial charge is 0.310 e. The van der Waals surface area contributed by atoms with E-state index in [4.69, 9.17) is 0 Å². The first-order valence-corrected chi connectivity index (χ1v) is 5.26. The smallest absolute Gasteiger partial charge is 0.123 e. The molecule has 0 radical (unpaired) electrons. The van der Waals surface area contributed by atoms with Gasteiger partial charge in [0.15, 0.2) is 0 Å². The minimum atomic E-state index is -0.183. The molecule has 2 heteroatoms. The Morgan fingerprint density at radius 3 is 2.80 bits per heavy atom. The highest BCUT2D eigenvalue weighted by atomic mass is 19.1. The molecule has 0 bridgehead atoms. The van der Waals surface area contributed by atoms with E-state index < -0.39 is 0 Å². The maximum absolute atomic E-state index is 13.1. The molecule has 15 heavy (non-hydrogen) atoms. The summed E-state index contributed by atoms with van der Waals surface area (Å²) in [6.07, 6.45) is 0.845. The van der Waals surface area contributed by atoms with Gasteiger partial charge in [0, 0.05) is 6.04 Å². The van der Waals surface area contributed by atoms with Crippen LogP contribution in [-0.2, 0) is 0 Å². The third kappa shape index (κ3) is 3.84. The minimum Gasteiger partial charge on any atom is -0.310 e. The van der Waals surface area contributed by atoms with Crippen molar-refractivity contribution in [2.75, 3.05) is 6.54 Å². The Morgan fingerprint density at radius 1 is 1.53 bits per heavy atom. The average molecular weight is 207 g/mol. The first-order valence-electron chi connectivity index (χ1n) is 5.26. The van der Waals surface area contributed by atoms with Gasteiger partial charge in [-0.15, -0.1) is 6.58 Å². The molecule has 0 aromatic heterocycles. The van der Waals surface area contributed by atoms with Crippen LogP contribution in [0.25, 0.3) is 0 Å². The standard InChI is InChI=1S/C13H18FN/c1-4-15-13(8-10(2)3)11-6-5-7-12(14)9-11/h5-7,9,13,15H,2,4,8H2,1,3H3. The van der Waals surface area contributed by atoms with Gasteiger partial charge in [-0.2, -0.15) is 0 Å². The van der Waals surface area contributed by atoms with E-state index in [-0.39, 0.29) is 11.9 Å². The predicted molar refractivity (Wildman–Crippen MR) is 62.2 cm³/mol. The van der Waals surface area contributed by atoms with Crippen LogP contribution in [0, 0.1) is 5.82 Å². The van der Waals surface area contributed by atoms with Gasteiger partial charge in [-0.05, 0) is 37.6 Å². The van der Waals surface area contributed by atoms with Crippen molar-refractivity contribution in [3.8, 4) is 0 Å². The summed E-state index contributed by atoms with van der Waals surface area (Å²) in [7, 11) is 0. The van der Waals surface area contributed by atoms with Gasteiger partial charge in [-0.3, -0.25) is 0 Å². The van der Waals surface area contributed by atoms with E-state index in [2.05, 4.69) is 11.9 Å². The molecule has 0 saturated heterocycles. The van der Waals surface area contributed by atoms with Crippen molar-refractivity contribution in [3.05, 3.63) is 47.8 Å². The van der Waals surface area contributed by atoms with Gasteiger partial charge in [0.1, 0.15) is 5.82 Å². The van der Waals surface area contributed by atoms with Crippen molar-refractivity contribution >= 4 is 0 Å². The fraction of sp³-hybridized carbons (Fsp3) is 0.385. The van der Waals surface area contributed by atoms with Crippen molar-refractivity contribution in [1.29, 1.82) is 0 Å². The molecule has 0 fully saturated rings. The molecule has 1 rings (SSSR count).